The Balaban J connectivity index is 1.51. The van der Waals surface area contributed by atoms with Crippen molar-refractivity contribution in [2.24, 2.45) is 0 Å². The van der Waals surface area contributed by atoms with Crippen LogP contribution in [0.2, 0.25) is 0 Å². The van der Waals surface area contributed by atoms with Crippen molar-refractivity contribution in [3.8, 4) is 16.9 Å². The van der Waals surface area contributed by atoms with Gasteiger partial charge in [0.05, 0.1) is 17.6 Å². The average Bonchev–Trinajstić information content (AvgIpc) is 3.49. The summed E-state index contributed by atoms with van der Waals surface area (Å²) in [5.74, 6) is -1.04. The Morgan fingerprint density at radius 3 is 2.50 bits per heavy atom. The number of carbonyl (C=O) groups excluding carboxylic acids is 2. The number of benzene rings is 2. The quantitative estimate of drug-likeness (QED) is 0.466. The van der Waals surface area contributed by atoms with E-state index in [1.165, 1.54) is 24.5 Å². The highest BCUT2D eigenvalue weighted by Crippen LogP contribution is 2.24. The average molecular weight is 432 g/mol. The van der Waals surface area contributed by atoms with Crippen LogP contribution in [-0.4, -0.2) is 27.6 Å². The van der Waals surface area contributed by atoms with Gasteiger partial charge in [0, 0.05) is 23.9 Å². The van der Waals surface area contributed by atoms with Crippen molar-refractivity contribution in [2.75, 3.05) is 0 Å². The summed E-state index contributed by atoms with van der Waals surface area (Å²) in [7, 11) is 0. The minimum Gasteiger partial charge on any atom is -0.459 e. The Bertz CT molecular complexity index is 1200. The maximum Gasteiger partial charge on any atom is 0.287 e. The Labute approximate surface area is 183 Å². The molecule has 2 heterocycles. The van der Waals surface area contributed by atoms with E-state index in [9.17, 15) is 14.0 Å². The second-order valence-corrected chi connectivity index (χ2v) is 7.18. The summed E-state index contributed by atoms with van der Waals surface area (Å²) >= 11 is 0. The van der Waals surface area contributed by atoms with Crippen molar-refractivity contribution < 1.29 is 18.4 Å². The van der Waals surface area contributed by atoms with Crippen molar-refractivity contribution in [2.45, 2.75) is 19.5 Å². The number of halogens is 1. The second kappa shape index (κ2) is 9.30. The minimum atomic E-state index is -0.772. The third kappa shape index (κ3) is 4.75. The molecule has 0 radical (unpaired) electrons. The first-order valence-corrected chi connectivity index (χ1v) is 10.0. The zero-order valence-electron chi connectivity index (χ0n) is 17.3. The van der Waals surface area contributed by atoms with E-state index in [0.717, 1.165) is 16.8 Å². The Morgan fingerprint density at radius 1 is 1.06 bits per heavy atom. The first-order chi connectivity index (χ1) is 15.5. The van der Waals surface area contributed by atoms with Crippen LogP contribution in [0.4, 0.5) is 4.39 Å². The number of aromatic nitrogens is 2. The van der Waals surface area contributed by atoms with Gasteiger partial charge in [-0.2, -0.15) is 5.10 Å². The fraction of sp³-hybridized carbons (Fsp3) is 0.125. The van der Waals surface area contributed by atoms with Crippen molar-refractivity contribution in [1.82, 2.24) is 20.4 Å². The Morgan fingerprint density at radius 2 is 1.81 bits per heavy atom. The third-order valence-corrected chi connectivity index (χ3v) is 4.87. The van der Waals surface area contributed by atoms with Crippen LogP contribution in [0, 0.1) is 5.82 Å². The highest BCUT2D eigenvalue weighted by Gasteiger charge is 2.19. The highest BCUT2D eigenvalue weighted by molar-refractivity contribution is 5.95. The zero-order chi connectivity index (χ0) is 22.5. The second-order valence-electron chi connectivity index (χ2n) is 7.18. The number of hydrogen-bond acceptors (Lipinski definition) is 4. The summed E-state index contributed by atoms with van der Waals surface area (Å²) in [5, 5.41) is 10.1. The first kappa shape index (κ1) is 21.0. The van der Waals surface area contributed by atoms with E-state index < -0.39 is 11.9 Å². The van der Waals surface area contributed by atoms with Crippen LogP contribution in [0.3, 0.4) is 0 Å². The van der Waals surface area contributed by atoms with Crippen LogP contribution >= 0.6 is 0 Å². The topological polar surface area (TPSA) is 89.2 Å². The van der Waals surface area contributed by atoms with Crippen LogP contribution in [-0.2, 0) is 11.3 Å². The number of carbonyl (C=O) groups is 2. The van der Waals surface area contributed by atoms with Crippen LogP contribution in [0.1, 0.15) is 23.0 Å². The predicted octanol–water partition coefficient (Wildman–Crippen LogP) is 3.71. The molecule has 4 rings (SSSR count). The van der Waals surface area contributed by atoms with E-state index in [1.54, 1.807) is 29.8 Å². The molecule has 0 spiro atoms. The lowest BCUT2D eigenvalue weighted by molar-refractivity contribution is -0.122. The fourth-order valence-corrected chi connectivity index (χ4v) is 3.18. The molecule has 2 N–H and O–H groups in total. The lowest BCUT2D eigenvalue weighted by atomic mass is 10.1. The molecule has 0 saturated carbocycles. The highest BCUT2D eigenvalue weighted by atomic mass is 19.1. The van der Waals surface area contributed by atoms with Crippen LogP contribution in [0.25, 0.3) is 16.9 Å². The monoisotopic (exact) mass is 432 g/mol. The molecule has 0 aliphatic rings. The maximum atomic E-state index is 13.4. The van der Waals surface area contributed by atoms with Crippen molar-refractivity contribution in [3.05, 3.63) is 96.3 Å². The molecule has 0 unspecified atom stereocenters. The van der Waals surface area contributed by atoms with Gasteiger partial charge in [0.15, 0.2) is 5.76 Å². The summed E-state index contributed by atoms with van der Waals surface area (Å²) in [6.07, 6.45) is 3.21. The number of furan rings is 1. The minimum absolute atomic E-state index is 0.132. The molecular formula is C24H21FN4O3. The summed E-state index contributed by atoms with van der Waals surface area (Å²) < 4.78 is 20.2. The molecule has 32 heavy (non-hydrogen) atoms. The molecule has 0 aliphatic carbocycles. The SMILES string of the molecule is C[C@H](NC(=O)c1ccco1)C(=O)NCc1cn(-c2ccccc2)nc1-c1ccc(F)cc1. The van der Waals surface area contributed by atoms with E-state index >= 15 is 0 Å². The number of nitrogens with one attached hydrogen (secondary N) is 2. The third-order valence-electron chi connectivity index (χ3n) is 4.87. The predicted molar refractivity (Wildman–Crippen MR) is 116 cm³/mol. The lowest BCUT2D eigenvalue weighted by Gasteiger charge is -2.13. The van der Waals surface area contributed by atoms with Gasteiger partial charge < -0.3 is 15.1 Å². The van der Waals surface area contributed by atoms with Crippen LogP contribution in [0.15, 0.2) is 83.6 Å². The van der Waals surface area contributed by atoms with E-state index in [1.807, 2.05) is 36.5 Å². The fourth-order valence-electron chi connectivity index (χ4n) is 3.18. The zero-order valence-corrected chi connectivity index (χ0v) is 17.3. The van der Waals surface area contributed by atoms with Gasteiger partial charge in [-0.1, -0.05) is 18.2 Å². The summed E-state index contributed by atoms with van der Waals surface area (Å²) in [4.78, 5) is 24.7. The van der Waals surface area contributed by atoms with E-state index in [4.69, 9.17) is 4.42 Å². The summed E-state index contributed by atoms with van der Waals surface area (Å²) in [6, 6.07) is 17.9. The van der Waals surface area contributed by atoms with E-state index in [-0.39, 0.29) is 24.0 Å². The van der Waals surface area contributed by atoms with Gasteiger partial charge in [-0.3, -0.25) is 9.59 Å². The van der Waals surface area contributed by atoms with E-state index in [0.29, 0.717) is 5.69 Å². The molecule has 0 fully saturated rings. The number of para-hydroxylation sites is 1. The van der Waals surface area contributed by atoms with Crippen LogP contribution in [0.5, 0.6) is 0 Å². The molecular weight excluding hydrogens is 411 g/mol. The Hall–Kier alpha value is -4.20. The van der Waals surface area contributed by atoms with E-state index in [2.05, 4.69) is 15.7 Å². The molecule has 4 aromatic rings. The molecule has 2 aromatic heterocycles. The van der Waals surface area contributed by atoms with Crippen molar-refractivity contribution >= 4 is 11.8 Å². The molecule has 1 atom stereocenters. The lowest BCUT2D eigenvalue weighted by Crippen LogP contribution is -2.44. The molecule has 0 saturated heterocycles. The molecule has 7 nitrogen and oxygen atoms in total. The van der Waals surface area contributed by atoms with Gasteiger partial charge in [0.25, 0.3) is 5.91 Å². The van der Waals surface area contributed by atoms with Gasteiger partial charge in [-0.05, 0) is 55.5 Å². The first-order valence-electron chi connectivity index (χ1n) is 10.0. The smallest absolute Gasteiger partial charge is 0.287 e. The number of rotatable bonds is 7. The summed E-state index contributed by atoms with van der Waals surface area (Å²) in [5.41, 5.74) is 2.96. The van der Waals surface area contributed by atoms with Crippen LogP contribution < -0.4 is 10.6 Å². The number of amides is 2. The van der Waals surface area contributed by atoms with Gasteiger partial charge in [-0.25, -0.2) is 9.07 Å². The molecule has 8 heteroatoms. The van der Waals surface area contributed by atoms with Gasteiger partial charge in [0.1, 0.15) is 11.9 Å². The van der Waals surface area contributed by atoms with Gasteiger partial charge in [0.2, 0.25) is 5.91 Å². The standard InChI is InChI=1S/C24H21FN4O3/c1-16(27-24(31)21-8-5-13-32-21)23(30)26-14-18-15-29(20-6-3-2-4-7-20)28-22(18)17-9-11-19(25)12-10-17/h2-13,15-16H,14H2,1H3,(H,26,30)(H,27,31)/t16-/m0/s1. The molecule has 162 valence electrons. The normalized spacial score (nSPS) is 11.7. The molecule has 0 aliphatic heterocycles. The maximum absolute atomic E-state index is 13.4. The molecule has 0 bridgehead atoms. The largest absolute Gasteiger partial charge is 0.459 e. The van der Waals surface area contributed by atoms with Gasteiger partial charge >= 0.3 is 0 Å². The van der Waals surface area contributed by atoms with Crippen molar-refractivity contribution in [3.63, 3.8) is 0 Å². The van der Waals surface area contributed by atoms with Crippen molar-refractivity contribution in [1.29, 1.82) is 0 Å². The number of hydrogen-bond donors (Lipinski definition) is 2. The Kier molecular flexibility index (Phi) is 6.12. The summed E-state index contributed by atoms with van der Waals surface area (Å²) in [6.45, 7) is 1.77. The molecule has 2 aromatic carbocycles. The molecule has 2 amide bonds. The van der Waals surface area contributed by atoms with Gasteiger partial charge in [-0.15, -0.1) is 0 Å². The number of nitrogens with zero attached hydrogens (tertiary/aromatic N) is 2.